The number of nitrogens with zero attached hydrogens (tertiary/aromatic N) is 1. The Bertz CT molecular complexity index is 1560. The number of allylic oxidation sites excluding steroid dienone is 1. The number of para-hydroxylation sites is 1. The van der Waals surface area contributed by atoms with Gasteiger partial charge in [-0.15, -0.1) is 11.3 Å². The average Bonchev–Trinajstić information content (AvgIpc) is 3.45. The molecule has 0 saturated carbocycles. The molecule has 180 valence electrons. The van der Waals surface area contributed by atoms with Gasteiger partial charge in [-0.1, -0.05) is 42.0 Å². The van der Waals surface area contributed by atoms with Crippen LogP contribution in [0.1, 0.15) is 40.3 Å². The van der Waals surface area contributed by atoms with Crippen LogP contribution in [0.3, 0.4) is 0 Å². The van der Waals surface area contributed by atoms with Gasteiger partial charge in [0.15, 0.2) is 5.69 Å². The number of hydrogen-bond acceptors (Lipinski definition) is 6. The first-order valence-corrected chi connectivity index (χ1v) is 13.1. The number of hydrogen-bond donors (Lipinski definition) is 1. The summed E-state index contributed by atoms with van der Waals surface area (Å²) in [7, 11) is -4.24. The minimum atomic E-state index is -4.24. The smallest absolute Gasteiger partial charge is 0.356 e. The molecule has 35 heavy (non-hydrogen) atoms. The lowest BCUT2D eigenvalue weighted by Gasteiger charge is -2.14. The minimum Gasteiger partial charge on any atom is -0.478 e. The van der Waals surface area contributed by atoms with Crippen molar-refractivity contribution >= 4 is 55.3 Å². The Kier molecular flexibility index (Phi) is 6.64. The first kappa shape index (κ1) is 24.4. The number of benzene rings is 2. The van der Waals surface area contributed by atoms with E-state index in [1.54, 1.807) is 67.8 Å². The number of rotatable bonds is 7. The van der Waals surface area contributed by atoms with Crippen molar-refractivity contribution in [2.45, 2.75) is 25.7 Å². The zero-order chi connectivity index (χ0) is 25.3. The number of carbonyl (C=O) groups excluding carboxylic acids is 1. The summed E-state index contributed by atoms with van der Waals surface area (Å²) in [5.74, 6) is -2.04. The fourth-order valence-electron chi connectivity index (χ4n) is 4.04. The standard InChI is InChI=1S/C26H23NO6S2/c1-4-33-26(30)24-22(17(3)23(25(28)29)21-10-7-15-34-21)19-8-5-6-9-20(19)27(24)35(31,32)18-13-11-16(2)12-14-18/h5-15H,4H2,1-3H3,(H,28,29)/b23-17-. The third-order valence-electron chi connectivity index (χ3n) is 5.59. The molecule has 0 fully saturated rings. The van der Waals surface area contributed by atoms with Gasteiger partial charge in [0, 0.05) is 15.8 Å². The Balaban J connectivity index is 2.17. The fourth-order valence-corrected chi connectivity index (χ4v) is 6.37. The second-order valence-electron chi connectivity index (χ2n) is 7.83. The maximum absolute atomic E-state index is 13.9. The summed E-state index contributed by atoms with van der Waals surface area (Å²) in [4.78, 5) is 26.1. The highest BCUT2D eigenvalue weighted by Gasteiger charge is 2.33. The number of aryl methyl sites for hydroxylation is 1. The Morgan fingerprint density at radius 2 is 1.71 bits per heavy atom. The van der Waals surface area contributed by atoms with E-state index in [0.29, 0.717) is 10.3 Å². The SMILES string of the molecule is CCOC(=O)c1c(/C(C)=C(\C(=O)O)c2cccs2)c2ccccc2n1S(=O)(=O)c1ccc(C)cc1. The summed E-state index contributed by atoms with van der Waals surface area (Å²) < 4.78 is 34.0. The molecule has 4 rings (SSSR count). The van der Waals surface area contributed by atoms with Crippen LogP contribution < -0.4 is 0 Å². The quantitative estimate of drug-likeness (QED) is 0.263. The molecule has 2 heterocycles. The van der Waals surface area contributed by atoms with Crippen molar-refractivity contribution in [2.24, 2.45) is 0 Å². The van der Waals surface area contributed by atoms with Gasteiger partial charge < -0.3 is 9.84 Å². The van der Waals surface area contributed by atoms with Crippen LogP contribution in [0.15, 0.2) is 70.9 Å². The highest BCUT2D eigenvalue weighted by atomic mass is 32.2. The van der Waals surface area contributed by atoms with Gasteiger partial charge in [0.1, 0.15) is 0 Å². The lowest BCUT2D eigenvalue weighted by Crippen LogP contribution is -2.21. The number of esters is 1. The van der Waals surface area contributed by atoms with Gasteiger partial charge in [0.05, 0.1) is 22.6 Å². The van der Waals surface area contributed by atoms with Gasteiger partial charge in [-0.2, -0.15) is 0 Å². The molecule has 0 amide bonds. The van der Waals surface area contributed by atoms with E-state index in [2.05, 4.69) is 0 Å². The maximum Gasteiger partial charge on any atom is 0.356 e. The molecule has 0 aliphatic rings. The number of thiophene rings is 1. The van der Waals surface area contributed by atoms with E-state index in [1.807, 2.05) is 6.92 Å². The molecule has 7 nitrogen and oxygen atoms in total. The lowest BCUT2D eigenvalue weighted by atomic mass is 9.97. The summed E-state index contributed by atoms with van der Waals surface area (Å²) in [6.07, 6.45) is 0. The second kappa shape index (κ2) is 9.52. The third-order valence-corrected chi connectivity index (χ3v) is 8.21. The van der Waals surface area contributed by atoms with Crippen LogP contribution in [0, 0.1) is 6.92 Å². The van der Waals surface area contributed by atoms with Crippen LogP contribution in [0.2, 0.25) is 0 Å². The zero-order valence-electron chi connectivity index (χ0n) is 19.3. The van der Waals surface area contributed by atoms with Crippen LogP contribution in [0.25, 0.3) is 22.0 Å². The summed E-state index contributed by atoms with van der Waals surface area (Å²) in [6.45, 7) is 5.06. The first-order chi connectivity index (χ1) is 16.7. The highest BCUT2D eigenvalue weighted by Crippen LogP contribution is 2.39. The number of carboxylic acids is 1. The van der Waals surface area contributed by atoms with Gasteiger partial charge >= 0.3 is 11.9 Å². The normalized spacial score (nSPS) is 12.4. The molecule has 9 heteroatoms. The molecule has 0 radical (unpaired) electrons. The molecule has 0 bridgehead atoms. The minimum absolute atomic E-state index is 0.000649. The predicted octanol–water partition coefficient (Wildman–Crippen LogP) is 5.44. The summed E-state index contributed by atoms with van der Waals surface area (Å²) in [5, 5.41) is 12.2. The number of aliphatic carboxylic acids is 1. The van der Waals surface area contributed by atoms with E-state index in [9.17, 15) is 23.1 Å². The Morgan fingerprint density at radius 3 is 2.31 bits per heavy atom. The highest BCUT2D eigenvalue weighted by molar-refractivity contribution is 7.90. The van der Waals surface area contributed by atoms with E-state index >= 15 is 0 Å². The average molecular weight is 510 g/mol. The molecular formula is C26H23NO6S2. The van der Waals surface area contributed by atoms with Crippen molar-refractivity contribution in [2.75, 3.05) is 6.61 Å². The lowest BCUT2D eigenvalue weighted by molar-refractivity contribution is -0.130. The number of carbonyl (C=O) groups is 2. The van der Waals surface area contributed by atoms with Gasteiger partial charge in [-0.05, 0) is 56.0 Å². The molecule has 0 aliphatic carbocycles. The molecular weight excluding hydrogens is 486 g/mol. The van der Waals surface area contributed by atoms with E-state index < -0.39 is 22.0 Å². The molecule has 4 aromatic rings. The van der Waals surface area contributed by atoms with Crippen molar-refractivity contribution in [1.29, 1.82) is 0 Å². The van der Waals surface area contributed by atoms with Crippen LogP contribution in [0.5, 0.6) is 0 Å². The predicted molar refractivity (Wildman–Crippen MR) is 136 cm³/mol. The van der Waals surface area contributed by atoms with Crippen molar-refractivity contribution in [3.05, 3.63) is 87.7 Å². The number of fused-ring (bicyclic) bond motifs is 1. The molecule has 0 aliphatic heterocycles. The number of carboxylic acid groups (broad SMARTS) is 1. The van der Waals surface area contributed by atoms with E-state index in [4.69, 9.17) is 4.74 Å². The Hall–Kier alpha value is -3.69. The van der Waals surface area contributed by atoms with Crippen molar-refractivity contribution in [3.8, 4) is 0 Å². The first-order valence-electron chi connectivity index (χ1n) is 10.8. The Labute approximate surface area is 207 Å². The molecule has 0 atom stereocenters. The van der Waals surface area contributed by atoms with Gasteiger partial charge in [-0.25, -0.2) is 22.0 Å². The largest absolute Gasteiger partial charge is 0.478 e. The summed E-state index contributed by atoms with van der Waals surface area (Å²) >= 11 is 1.24. The summed E-state index contributed by atoms with van der Waals surface area (Å²) in [5.41, 5.74) is 1.36. The second-order valence-corrected chi connectivity index (χ2v) is 10.6. The topological polar surface area (TPSA) is 103 Å². The van der Waals surface area contributed by atoms with Crippen LogP contribution in [-0.2, 0) is 19.6 Å². The van der Waals surface area contributed by atoms with Crippen molar-refractivity contribution in [1.82, 2.24) is 3.97 Å². The van der Waals surface area contributed by atoms with Crippen LogP contribution >= 0.6 is 11.3 Å². The number of aromatic nitrogens is 1. The zero-order valence-corrected chi connectivity index (χ0v) is 20.9. The fraction of sp³-hybridized carbons (Fsp3) is 0.154. The van der Waals surface area contributed by atoms with E-state index in [-0.39, 0.29) is 39.4 Å². The monoisotopic (exact) mass is 509 g/mol. The van der Waals surface area contributed by atoms with Gasteiger partial charge in [-0.3, -0.25) is 0 Å². The van der Waals surface area contributed by atoms with Crippen molar-refractivity contribution < 1.29 is 27.9 Å². The molecule has 2 aromatic heterocycles. The Morgan fingerprint density at radius 1 is 1.03 bits per heavy atom. The van der Waals surface area contributed by atoms with E-state index in [1.165, 1.54) is 23.5 Å². The van der Waals surface area contributed by atoms with Crippen LogP contribution in [-0.4, -0.2) is 36.0 Å². The van der Waals surface area contributed by atoms with Gasteiger partial charge in [0.2, 0.25) is 0 Å². The molecule has 0 spiro atoms. The third kappa shape index (κ3) is 4.28. The van der Waals surface area contributed by atoms with E-state index in [0.717, 1.165) is 9.54 Å². The molecule has 1 N–H and O–H groups in total. The number of ether oxygens (including phenoxy) is 1. The molecule has 0 saturated heterocycles. The summed E-state index contributed by atoms with van der Waals surface area (Å²) in [6, 6.07) is 16.3. The molecule has 2 aromatic carbocycles. The van der Waals surface area contributed by atoms with Gasteiger partial charge in [0.25, 0.3) is 10.0 Å². The molecule has 0 unspecified atom stereocenters. The van der Waals surface area contributed by atoms with Crippen molar-refractivity contribution in [3.63, 3.8) is 0 Å². The van der Waals surface area contributed by atoms with Crippen LogP contribution in [0.4, 0.5) is 0 Å². The maximum atomic E-state index is 13.9.